The summed E-state index contributed by atoms with van der Waals surface area (Å²) in [5.74, 6) is 0.921. The van der Waals surface area contributed by atoms with E-state index in [1.165, 1.54) is 37.7 Å². The van der Waals surface area contributed by atoms with Gasteiger partial charge in [0.15, 0.2) is 0 Å². The van der Waals surface area contributed by atoms with Crippen molar-refractivity contribution < 1.29 is 0 Å². The summed E-state index contributed by atoms with van der Waals surface area (Å²) in [5.41, 5.74) is 1.48. The van der Waals surface area contributed by atoms with Gasteiger partial charge >= 0.3 is 0 Å². The third-order valence-corrected chi connectivity index (χ3v) is 4.54. The summed E-state index contributed by atoms with van der Waals surface area (Å²) in [6, 6.07) is 3.64. The van der Waals surface area contributed by atoms with Crippen molar-refractivity contribution in [1.82, 2.24) is 5.32 Å². The van der Waals surface area contributed by atoms with Crippen LogP contribution < -0.4 is 5.32 Å². The van der Waals surface area contributed by atoms with E-state index < -0.39 is 0 Å². The monoisotopic (exact) mass is 237 g/mol. The maximum absolute atomic E-state index is 3.82. The molecule has 0 aliphatic heterocycles. The topological polar surface area (TPSA) is 12.0 Å². The molecule has 1 aromatic heterocycles. The number of hydrogen-bond acceptors (Lipinski definition) is 2. The minimum Gasteiger partial charge on any atom is -0.311 e. The Kier molecular flexibility index (Phi) is 4.42. The summed E-state index contributed by atoms with van der Waals surface area (Å²) in [6.45, 7) is 4.65. The summed E-state index contributed by atoms with van der Waals surface area (Å²) >= 11 is 1.80. The summed E-state index contributed by atoms with van der Waals surface area (Å²) in [6.07, 6.45) is 6.74. The van der Waals surface area contributed by atoms with Crippen molar-refractivity contribution in [3.05, 3.63) is 22.4 Å². The molecule has 1 saturated carbocycles. The molecule has 3 unspecified atom stereocenters. The van der Waals surface area contributed by atoms with Crippen molar-refractivity contribution in [3.63, 3.8) is 0 Å². The molecule has 0 aromatic carbocycles. The molecule has 1 aromatic rings. The van der Waals surface area contributed by atoms with Crippen molar-refractivity contribution in [1.29, 1.82) is 0 Å². The smallest absolute Gasteiger partial charge is 0.00978 e. The normalized spacial score (nSPS) is 27.1. The Balaban J connectivity index is 1.80. The molecule has 0 spiro atoms. The van der Waals surface area contributed by atoms with Gasteiger partial charge in [-0.3, -0.25) is 0 Å². The van der Waals surface area contributed by atoms with E-state index in [4.69, 9.17) is 0 Å². The van der Waals surface area contributed by atoms with Crippen LogP contribution in [-0.4, -0.2) is 12.1 Å². The first-order chi connectivity index (χ1) is 7.79. The Morgan fingerprint density at radius 1 is 1.50 bits per heavy atom. The highest BCUT2D eigenvalue weighted by molar-refractivity contribution is 7.07. The lowest BCUT2D eigenvalue weighted by molar-refractivity contribution is 0.355. The van der Waals surface area contributed by atoms with Gasteiger partial charge < -0.3 is 5.32 Å². The first-order valence-corrected chi connectivity index (χ1v) is 7.51. The Labute approximate surface area is 103 Å². The van der Waals surface area contributed by atoms with Crippen molar-refractivity contribution in [2.45, 2.75) is 58.0 Å². The highest BCUT2D eigenvalue weighted by Crippen LogP contribution is 2.28. The van der Waals surface area contributed by atoms with Gasteiger partial charge in [-0.25, -0.2) is 0 Å². The molecule has 16 heavy (non-hydrogen) atoms. The lowest BCUT2D eigenvalue weighted by Gasteiger charge is -2.24. The molecule has 0 bridgehead atoms. The molecule has 0 saturated heterocycles. The van der Waals surface area contributed by atoms with E-state index in [1.807, 2.05) is 0 Å². The van der Waals surface area contributed by atoms with Gasteiger partial charge in [-0.2, -0.15) is 11.3 Å². The zero-order valence-corrected chi connectivity index (χ0v) is 11.2. The van der Waals surface area contributed by atoms with Crippen LogP contribution in [0.25, 0.3) is 0 Å². The van der Waals surface area contributed by atoms with Gasteiger partial charge in [0.25, 0.3) is 0 Å². The van der Waals surface area contributed by atoms with Crippen LogP contribution in [0.2, 0.25) is 0 Å². The minimum atomic E-state index is 0.617. The van der Waals surface area contributed by atoms with Gasteiger partial charge in [-0.1, -0.05) is 19.8 Å². The van der Waals surface area contributed by atoms with Crippen molar-refractivity contribution in [3.8, 4) is 0 Å². The second-order valence-electron chi connectivity index (χ2n) is 5.11. The van der Waals surface area contributed by atoms with Gasteiger partial charge in [0, 0.05) is 12.1 Å². The fourth-order valence-electron chi connectivity index (χ4n) is 2.93. The predicted molar refractivity (Wildman–Crippen MR) is 72.0 cm³/mol. The molecule has 0 amide bonds. The highest BCUT2D eigenvalue weighted by Gasteiger charge is 2.26. The molecule has 1 nitrogen and oxygen atoms in total. The van der Waals surface area contributed by atoms with Crippen molar-refractivity contribution in [2.75, 3.05) is 0 Å². The zero-order chi connectivity index (χ0) is 11.4. The van der Waals surface area contributed by atoms with Crippen LogP contribution in [-0.2, 0) is 6.42 Å². The van der Waals surface area contributed by atoms with E-state index in [9.17, 15) is 0 Å². The predicted octanol–water partition coefficient (Wildman–Crippen LogP) is 3.85. The van der Waals surface area contributed by atoms with Crippen LogP contribution in [0.3, 0.4) is 0 Å². The SMILES string of the molecule is CCC1CCCC1NC(C)Cc1ccsc1. The van der Waals surface area contributed by atoms with Crippen LogP contribution in [0.1, 0.15) is 45.1 Å². The molecule has 2 rings (SSSR count). The summed E-state index contributed by atoms with van der Waals surface area (Å²) in [5, 5.41) is 8.26. The standard InChI is InChI=1S/C14H23NS/c1-3-13-5-4-6-14(13)15-11(2)9-12-7-8-16-10-12/h7-8,10-11,13-15H,3-6,9H2,1-2H3. The molecular formula is C14H23NS. The Morgan fingerprint density at radius 2 is 2.38 bits per heavy atom. The van der Waals surface area contributed by atoms with E-state index in [0.717, 1.165) is 12.0 Å². The molecule has 2 heteroatoms. The fraction of sp³-hybridized carbons (Fsp3) is 0.714. The third kappa shape index (κ3) is 3.08. The molecule has 1 aliphatic carbocycles. The van der Waals surface area contributed by atoms with Crippen LogP contribution in [0.5, 0.6) is 0 Å². The molecule has 90 valence electrons. The highest BCUT2D eigenvalue weighted by atomic mass is 32.1. The number of rotatable bonds is 5. The lowest BCUT2D eigenvalue weighted by atomic mass is 9.99. The summed E-state index contributed by atoms with van der Waals surface area (Å²) < 4.78 is 0. The van der Waals surface area contributed by atoms with Gasteiger partial charge in [-0.05, 0) is 54.5 Å². The van der Waals surface area contributed by atoms with Crippen LogP contribution >= 0.6 is 11.3 Å². The molecule has 1 aliphatic rings. The average molecular weight is 237 g/mol. The first-order valence-electron chi connectivity index (χ1n) is 6.56. The first kappa shape index (κ1) is 12.1. The number of nitrogens with one attached hydrogen (secondary N) is 1. The van der Waals surface area contributed by atoms with Gasteiger partial charge in [-0.15, -0.1) is 0 Å². The summed E-state index contributed by atoms with van der Waals surface area (Å²) in [4.78, 5) is 0. The Hall–Kier alpha value is -0.340. The second-order valence-corrected chi connectivity index (χ2v) is 5.89. The largest absolute Gasteiger partial charge is 0.311 e. The van der Waals surface area contributed by atoms with Crippen molar-refractivity contribution in [2.24, 2.45) is 5.92 Å². The fourth-order valence-corrected chi connectivity index (χ4v) is 3.61. The summed E-state index contributed by atoms with van der Waals surface area (Å²) in [7, 11) is 0. The van der Waals surface area contributed by atoms with Gasteiger partial charge in [0.1, 0.15) is 0 Å². The molecular weight excluding hydrogens is 214 g/mol. The zero-order valence-electron chi connectivity index (χ0n) is 10.4. The molecule has 1 heterocycles. The third-order valence-electron chi connectivity index (χ3n) is 3.80. The van der Waals surface area contributed by atoms with E-state index in [1.54, 1.807) is 11.3 Å². The van der Waals surface area contributed by atoms with E-state index in [0.29, 0.717) is 6.04 Å². The van der Waals surface area contributed by atoms with E-state index in [2.05, 4.69) is 36.0 Å². The van der Waals surface area contributed by atoms with Gasteiger partial charge in [0.2, 0.25) is 0 Å². The van der Waals surface area contributed by atoms with Crippen LogP contribution in [0.15, 0.2) is 16.8 Å². The van der Waals surface area contributed by atoms with Crippen LogP contribution in [0, 0.1) is 5.92 Å². The molecule has 1 fully saturated rings. The van der Waals surface area contributed by atoms with Crippen molar-refractivity contribution >= 4 is 11.3 Å². The Bertz CT molecular complexity index is 294. The maximum atomic E-state index is 3.82. The second kappa shape index (κ2) is 5.83. The lowest BCUT2D eigenvalue weighted by Crippen LogP contribution is -2.39. The number of hydrogen-bond donors (Lipinski definition) is 1. The van der Waals surface area contributed by atoms with E-state index in [-0.39, 0.29) is 0 Å². The Morgan fingerprint density at radius 3 is 3.06 bits per heavy atom. The van der Waals surface area contributed by atoms with E-state index >= 15 is 0 Å². The minimum absolute atomic E-state index is 0.617. The average Bonchev–Trinajstić information content (AvgIpc) is 2.88. The molecule has 3 atom stereocenters. The van der Waals surface area contributed by atoms with Gasteiger partial charge in [0.05, 0.1) is 0 Å². The maximum Gasteiger partial charge on any atom is 0.00978 e. The molecule has 0 radical (unpaired) electrons. The molecule has 1 N–H and O–H groups in total. The number of thiophene rings is 1. The quantitative estimate of drug-likeness (QED) is 0.820. The van der Waals surface area contributed by atoms with Crippen LogP contribution in [0.4, 0.5) is 0 Å².